The highest BCUT2D eigenvalue weighted by Crippen LogP contribution is 2.25. The molecular weight excluding hydrogens is 557 g/mol. The van der Waals surface area contributed by atoms with Gasteiger partial charge in [-0.1, -0.05) is 25.5 Å². The van der Waals surface area contributed by atoms with Gasteiger partial charge in [-0.15, -0.1) is 0 Å². The van der Waals surface area contributed by atoms with Crippen LogP contribution in [0.5, 0.6) is 11.5 Å². The fourth-order valence-electron chi connectivity index (χ4n) is 4.91. The van der Waals surface area contributed by atoms with E-state index in [1.54, 1.807) is 24.3 Å². The van der Waals surface area contributed by atoms with Gasteiger partial charge in [-0.3, -0.25) is 9.62 Å². The number of ether oxygens (including phenoxy) is 1. The van der Waals surface area contributed by atoms with Gasteiger partial charge in [0.25, 0.3) is 0 Å². The molecule has 0 aromatic heterocycles. The Labute approximate surface area is 246 Å². The monoisotopic (exact) mass is 593 g/mol. The van der Waals surface area contributed by atoms with Gasteiger partial charge in [0.15, 0.2) is 0 Å². The second-order valence-corrected chi connectivity index (χ2v) is 12.2. The van der Waals surface area contributed by atoms with E-state index in [1.807, 2.05) is 35.2 Å². The Hall–Kier alpha value is -4.14. The van der Waals surface area contributed by atoms with Crippen LogP contribution in [0.2, 0.25) is 0 Å². The summed E-state index contributed by atoms with van der Waals surface area (Å²) < 4.78 is 44.8. The molecule has 0 radical (unpaired) electrons. The van der Waals surface area contributed by atoms with Crippen LogP contribution in [-0.4, -0.2) is 56.2 Å². The highest BCUT2D eigenvalue weighted by Gasteiger charge is 2.28. The number of carbonyl (C=O) groups is 1. The predicted octanol–water partition coefficient (Wildman–Crippen LogP) is 6.16. The number of nitriles is 1. The molecule has 0 saturated carbocycles. The van der Waals surface area contributed by atoms with Crippen molar-refractivity contribution in [3.8, 4) is 17.6 Å². The Morgan fingerprint density at radius 2 is 1.67 bits per heavy atom. The highest BCUT2D eigenvalue weighted by atomic mass is 32.2. The predicted molar refractivity (Wildman–Crippen MR) is 161 cm³/mol. The van der Waals surface area contributed by atoms with Crippen molar-refractivity contribution in [2.45, 2.75) is 45.2 Å². The van der Waals surface area contributed by atoms with Crippen molar-refractivity contribution in [1.82, 2.24) is 9.80 Å². The van der Waals surface area contributed by atoms with Crippen molar-refractivity contribution in [3.63, 3.8) is 0 Å². The molecule has 3 aromatic rings. The summed E-state index contributed by atoms with van der Waals surface area (Å²) in [7, 11) is -3.33. The average molecular weight is 594 g/mol. The third kappa shape index (κ3) is 8.93. The van der Waals surface area contributed by atoms with Crippen LogP contribution in [0.15, 0.2) is 66.7 Å². The number of nitrogens with zero attached hydrogens (tertiary/aromatic N) is 3. The molecule has 0 spiro atoms. The molecule has 4 rings (SSSR count). The lowest BCUT2D eigenvalue weighted by Gasteiger charge is -2.38. The van der Waals surface area contributed by atoms with Crippen molar-refractivity contribution in [2.75, 3.05) is 35.9 Å². The van der Waals surface area contributed by atoms with Crippen molar-refractivity contribution in [3.05, 3.63) is 83.7 Å². The number of anilines is 2. The molecule has 0 aliphatic carbocycles. The van der Waals surface area contributed by atoms with Gasteiger partial charge in [0.1, 0.15) is 23.4 Å². The van der Waals surface area contributed by atoms with Gasteiger partial charge >= 0.3 is 6.03 Å². The first-order valence-corrected chi connectivity index (χ1v) is 15.9. The molecule has 3 aromatic carbocycles. The molecule has 1 saturated heterocycles. The largest absolute Gasteiger partial charge is 0.457 e. The van der Waals surface area contributed by atoms with Gasteiger partial charge in [-0.25, -0.2) is 17.6 Å². The van der Waals surface area contributed by atoms with Crippen LogP contribution in [0.3, 0.4) is 0 Å². The lowest BCUT2D eigenvalue weighted by molar-refractivity contribution is 0.122. The van der Waals surface area contributed by atoms with Crippen LogP contribution in [0.1, 0.15) is 43.7 Å². The Morgan fingerprint density at radius 1 is 1.05 bits per heavy atom. The maximum absolute atomic E-state index is 13.7. The van der Waals surface area contributed by atoms with E-state index in [-0.39, 0.29) is 17.6 Å². The lowest BCUT2D eigenvalue weighted by Crippen LogP contribution is -2.49. The van der Waals surface area contributed by atoms with E-state index in [0.717, 1.165) is 57.1 Å². The highest BCUT2D eigenvalue weighted by molar-refractivity contribution is 7.92. The molecule has 42 heavy (non-hydrogen) atoms. The second-order valence-electron chi connectivity index (χ2n) is 10.4. The van der Waals surface area contributed by atoms with Crippen LogP contribution >= 0.6 is 0 Å². The minimum Gasteiger partial charge on any atom is -0.457 e. The van der Waals surface area contributed by atoms with E-state index in [4.69, 9.17) is 10.00 Å². The number of halogens is 1. The molecule has 1 aliphatic heterocycles. The van der Waals surface area contributed by atoms with E-state index in [2.05, 4.69) is 21.9 Å². The molecular formula is C31H36FN5O4S. The number of nitrogens with one attached hydrogen (secondary N) is 2. The van der Waals surface area contributed by atoms with Crippen LogP contribution in [0.4, 0.5) is 20.6 Å². The fourth-order valence-corrected chi connectivity index (χ4v) is 5.48. The van der Waals surface area contributed by atoms with Crippen LogP contribution in [0.25, 0.3) is 0 Å². The first-order valence-electron chi connectivity index (χ1n) is 14.0. The normalized spacial score (nSPS) is 14.1. The zero-order chi connectivity index (χ0) is 30.1. The molecule has 11 heteroatoms. The van der Waals surface area contributed by atoms with E-state index >= 15 is 0 Å². The molecule has 2 amide bonds. The number of likely N-dealkylation sites (tertiary alicyclic amines) is 1. The van der Waals surface area contributed by atoms with Crippen LogP contribution in [-0.2, 0) is 16.6 Å². The number of sulfonamides is 1. The molecule has 1 fully saturated rings. The molecule has 1 aliphatic rings. The Bertz CT molecular complexity index is 1500. The molecule has 0 unspecified atom stereocenters. The summed E-state index contributed by atoms with van der Waals surface area (Å²) in [5.74, 6) is 0.677. The zero-order valence-corrected chi connectivity index (χ0v) is 24.7. The number of carbonyl (C=O) groups excluding carboxylic acids is 1. The smallest absolute Gasteiger partial charge is 0.322 e. The molecule has 222 valence electrons. The van der Waals surface area contributed by atoms with Crippen LogP contribution in [0, 0.1) is 17.1 Å². The minimum atomic E-state index is -3.33. The number of amides is 2. The van der Waals surface area contributed by atoms with Gasteiger partial charge in [0.05, 0.1) is 11.8 Å². The van der Waals surface area contributed by atoms with Crippen molar-refractivity contribution < 1.29 is 22.3 Å². The summed E-state index contributed by atoms with van der Waals surface area (Å²) in [6.07, 6.45) is 4.64. The SMILES string of the molecule is CCCCN(C(=O)Nc1ccc(F)c(C#N)c1)C1CCN(Cc2ccc(Oc3ccc(NS(C)(=O)=O)cc3)cc2)CC1. The van der Waals surface area contributed by atoms with Gasteiger partial charge in [0.2, 0.25) is 10.0 Å². The average Bonchev–Trinajstić information content (AvgIpc) is 2.96. The molecule has 0 atom stereocenters. The summed E-state index contributed by atoms with van der Waals surface area (Å²) in [4.78, 5) is 17.4. The fraction of sp³-hybridized carbons (Fsp3) is 0.355. The van der Waals surface area contributed by atoms with Crippen LogP contribution < -0.4 is 14.8 Å². The maximum atomic E-state index is 13.7. The summed E-state index contributed by atoms with van der Waals surface area (Å²) in [6, 6.07) is 20.3. The first-order chi connectivity index (χ1) is 20.1. The number of unbranched alkanes of at least 4 members (excludes halogenated alkanes) is 1. The quantitative estimate of drug-likeness (QED) is 0.275. The zero-order valence-electron chi connectivity index (χ0n) is 23.8. The van der Waals surface area contributed by atoms with Gasteiger partial charge < -0.3 is 15.0 Å². The third-order valence-corrected chi connectivity index (χ3v) is 7.68. The van der Waals surface area contributed by atoms with E-state index in [0.29, 0.717) is 29.4 Å². The first kappa shape index (κ1) is 30.8. The Morgan fingerprint density at radius 3 is 2.26 bits per heavy atom. The number of hydrogen-bond acceptors (Lipinski definition) is 6. The molecule has 2 N–H and O–H groups in total. The summed E-state index contributed by atoms with van der Waals surface area (Å²) in [5, 5.41) is 12.0. The second kappa shape index (κ2) is 14.2. The van der Waals surface area contributed by atoms with E-state index in [1.165, 1.54) is 18.2 Å². The van der Waals surface area contributed by atoms with E-state index in [9.17, 15) is 17.6 Å². The van der Waals surface area contributed by atoms with Crippen molar-refractivity contribution in [1.29, 1.82) is 5.26 Å². The molecule has 0 bridgehead atoms. The van der Waals surface area contributed by atoms with Gasteiger partial charge in [-0.05, 0) is 79.4 Å². The van der Waals surface area contributed by atoms with Crippen molar-refractivity contribution >= 4 is 27.4 Å². The number of rotatable bonds is 11. The number of piperidine rings is 1. The number of benzene rings is 3. The number of hydrogen-bond donors (Lipinski definition) is 2. The summed E-state index contributed by atoms with van der Waals surface area (Å²) >= 11 is 0. The molecule has 1 heterocycles. The maximum Gasteiger partial charge on any atom is 0.322 e. The van der Waals surface area contributed by atoms with Gasteiger partial charge in [0, 0.05) is 43.6 Å². The van der Waals surface area contributed by atoms with Gasteiger partial charge in [-0.2, -0.15) is 5.26 Å². The lowest BCUT2D eigenvalue weighted by atomic mass is 10.0. The summed E-state index contributed by atoms with van der Waals surface area (Å²) in [6.45, 7) is 5.21. The number of urea groups is 1. The Balaban J connectivity index is 1.29. The minimum absolute atomic E-state index is 0.0958. The third-order valence-electron chi connectivity index (χ3n) is 7.07. The van der Waals surface area contributed by atoms with E-state index < -0.39 is 15.8 Å². The molecule has 9 nitrogen and oxygen atoms in total. The topological polar surface area (TPSA) is 115 Å². The summed E-state index contributed by atoms with van der Waals surface area (Å²) in [5.41, 5.74) is 1.93. The Kier molecular flexibility index (Phi) is 10.4. The van der Waals surface area contributed by atoms with Crippen molar-refractivity contribution in [2.24, 2.45) is 0 Å². The standard InChI is InChI=1S/C31H36FN5O4S/c1-3-4-17-37(31(38)34-26-9-14-30(32)24(20-26)21-33)27-15-18-36(19-16-27)22-23-5-10-28(11-6-23)41-29-12-7-25(8-13-29)35-42(2,39)40/h5-14,20,27,35H,3-4,15-19,22H2,1-2H3,(H,34,38).